The predicted octanol–water partition coefficient (Wildman–Crippen LogP) is 10.7. The van der Waals surface area contributed by atoms with E-state index in [9.17, 15) is 20.4 Å². The topological polar surface area (TPSA) is 414 Å². The number of hydrogen-bond acceptors (Lipinski definition) is 23. The fourth-order valence-corrected chi connectivity index (χ4v) is 11.0. The third-order valence-corrected chi connectivity index (χ3v) is 18.1. The summed E-state index contributed by atoms with van der Waals surface area (Å²) < 4.78 is 0. The summed E-state index contributed by atoms with van der Waals surface area (Å²) in [4.78, 5) is 6.47. The van der Waals surface area contributed by atoms with E-state index in [4.69, 9.17) is 81.7 Å². The summed E-state index contributed by atoms with van der Waals surface area (Å²) in [5.41, 5.74) is 5.98. The summed E-state index contributed by atoms with van der Waals surface area (Å²) in [6.07, 6.45) is 39.8. The molecule has 1 saturated heterocycles. The minimum Gasteiger partial charge on any atom is -0.396 e. The SMILES string of the molecule is C/C(=C\CC/C(C)=C/CO)CO.CC(C)(O)c1ccc(C(C)(C)O)cc1.CC(O)C#CC(C)O.CCN(CCO)CCO.OC/C=C\CO.OCCCCCCCCCCCCCCCCO.OCCCCCCCCCO.OCCCCCCCCO.OCCN1CCN(CCO)CC1.OCc1ccccc1-c1ccccc1CO. The highest BCUT2D eigenvalue weighted by Gasteiger charge is 2.20. The molecule has 116 heavy (non-hydrogen) atoms. The minimum absolute atomic E-state index is 0.00986. The monoisotopic (exact) mass is 1650 g/mol. The number of unbranched alkanes of at least 4 members (excludes halogenated alkanes) is 24. The molecule has 0 amide bonds. The molecule has 20 N–H and O–H groups in total. The Labute approximate surface area is 703 Å². The standard InChI is InChI=1S/C16H34O2.C14H14O2.C12H18O2.C10H18O2.C9H20O2.C8H18N2O2.C8H18O2.C6H15NO2.C6H10O2.C4H8O2/c17-15-13-11-9-7-5-3-1-2-4-6-8-10-12-14-16-18;15-9-11-5-1-3-7-13(11)14-8-4-2-6-12(14)10-16;1-11(2,13)9-5-7-10(8-6-9)12(3,4)14;1-9(6-7-11)4-3-5-10(2)8-12;10-8-6-4-2-1-3-5-7-9-11;11-7-5-9-1-2-10(4-3-9)6-8-12;9-7-5-3-1-2-4-6-8-10;1-2-7(3-5-8)4-6-9;1-5(7)3-4-6(2)8;5-3-1-2-4-6/h17-18H,1-16H2;1-8,15-16H,9-10H2;5-8,13-14H,1-4H3;5-6,11-12H,3-4,7-8H2,1-2H3;10-11H,1-9H2;11-12H,1-8H2;9-10H,1-8H2;8-9H,2-6H2,1H3;5-8H,1-2H3;1-2,5-6H,3-4H2/b;;;9-6+,10-5+;;;;;;2-1-. The van der Waals surface area contributed by atoms with Crippen molar-refractivity contribution in [3.05, 3.63) is 131 Å². The lowest BCUT2D eigenvalue weighted by Crippen LogP contribution is -2.47. The number of benzene rings is 3. The van der Waals surface area contributed by atoms with Gasteiger partial charge in [0, 0.05) is 92.0 Å². The molecule has 680 valence electrons. The Morgan fingerprint density at radius 1 is 0.379 bits per heavy atom. The fraction of sp³-hybridized carbons (Fsp3) is 0.720. The van der Waals surface area contributed by atoms with Crippen LogP contribution in [-0.4, -0.2) is 280 Å². The van der Waals surface area contributed by atoms with Crippen LogP contribution in [0.25, 0.3) is 11.1 Å². The molecule has 1 fully saturated rings. The molecule has 1 aliphatic rings. The molecule has 23 nitrogen and oxygen atoms in total. The number of rotatable bonds is 51. The smallest absolute Gasteiger partial charge is 0.112 e. The molecule has 0 aromatic heterocycles. The molecule has 4 rings (SSSR count). The van der Waals surface area contributed by atoms with Crippen molar-refractivity contribution in [1.82, 2.24) is 14.7 Å². The second-order valence-electron chi connectivity index (χ2n) is 29.7. The van der Waals surface area contributed by atoms with Gasteiger partial charge >= 0.3 is 0 Å². The second-order valence-corrected chi connectivity index (χ2v) is 29.7. The van der Waals surface area contributed by atoms with Gasteiger partial charge in [0.05, 0.1) is 77.3 Å². The lowest BCUT2D eigenvalue weighted by molar-refractivity contribution is 0.0744. The average molecular weight is 1650 g/mol. The fourth-order valence-electron chi connectivity index (χ4n) is 11.0. The van der Waals surface area contributed by atoms with Gasteiger partial charge in [-0.2, -0.15) is 0 Å². The first-order valence-corrected chi connectivity index (χ1v) is 43.2. The van der Waals surface area contributed by atoms with Gasteiger partial charge in [0.2, 0.25) is 0 Å². The van der Waals surface area contributed by atoms with E-state index in [1.54, 1.807) is 41.5 Å². The van der Waals surface area contributed by atoms with Gasteiger partial charge in [-0.3, -0.25) is 14.7 Å². The number of nitrogens with zero attached hydrogens (tertiary/aromatic N) is 3. The third kappa shape index (κ3) is 88.8. The van der Waals surface area contributed by atoms with Crippen molar-refractivity contribution in [2.75, 3.05) is 151 Å². The highest BCUT2D eigenvalue weighted by Crippen LogP contribution is 2.28. The van der Waals surface area contributed by atoms with Gasteiger partial charge < -0.3 is 102 Å². The molecular formula is C93H173N3O20. The van der Waals surface area contributed by atoms with Gasteiger partial charge in [0.1, 0.15) is 12.2 Å². The molecule has 0 radical (unpaired) electrons. The molecule has 23 heteroatoms. The largest absolute Gasteiger partial charge is 0.396 e. The van der Waals surface area contributed by atoms with E-state index < -0.39 is 23.4 Å². The van der Waals surface area contributed by atoms with E-state index in [0.717, 1.165) is 162 Å². The zero-order valence-electron chi connectivity index (χ0n) is 73.9. The summed E-state index contributed by atoms with van der Waals surface area (Å²) in [5.74, 6) is 4.80. The van der Waals surface area contributed by atoms with Crippen LogP contribution >= 0.6 is 0 Å². The normalized spacial score (nSPS) is 12.7. The number of aliphatic hydroxyl groups excluding tert-OH is 18. The lowest BCUT2D eigenvalue weighted by atomic mass is 9.93. The van der Waals surface area contributed by atoms with Crippen LogP contribution in [0, 0.1) is 11.8 Å². The first-order chi connectivity index (χ1) is 55.8. The van der Waals surface area contributed by atoms with Crippen LogP contribution in [-0.2, 0) is 24.4 Å². The quantitative estimate of drug-likeness (QED) is 0.0142. The average Bonchev–Trinajstić information content (AvgIpc) is 0.842. The van der Waals surface area contributed by atoms with Crippen molar-refractivity contribution in [3.8, 4) is 23.0 Å². The number of β-amino-alcohol motifs (C(OH)–C–C–N with tert-alkyl or cyclic N) is 2. The van der Waals surface area contributed by atoms with Crippen LogP contribution in [0.4, 0.5) is 0 Å². The predicted molar refractivity (Wildman–Crippen MR) is 477 cm³/mol. The van der Waals surface area contributed by atoms with Crippen LogP contribution in [0.1, 0.15) is 271 Å². The highest BCUT2D eigenvalue weighted by atomic mass is 16.3. The molecule has 0 spiro atoms. The van der Waals surface area contributed by atoms with Crippen molar-refractivity contribution in [1.29, 1.82) is 0 Å². The Bertz CT molecular complexity index is 2450. The zero-order valence-corrected chi connectivity index (χ0v) is 73.9. The second kappa shape index (κ2) is 94.4. The summed E-state index contributed by atoms with van der Waals surface area (Å²) in [7, 11) is 0. The maximum atomic E-state index is 9.72. The van der Waals surface area contributed by atoms with Gasteiger partial charge in [-0.05, 0) is 147 Å². The van der Waals surface area contributed by atoms with Crippen LogP contribution in [0.5, 0.6) is 0 Å². The van der Waals surface area contributed by atoms with E-state index in [1.807, 2.05) is 111 Å². The van der Waals surface area contributed by atoms with Crippen LogP contribution < -0.4 is 0 Å². The van der Waals surface area contributed by atoms with Gasteiger partial charge in [0.15, 0.2) is 0 Å². The first kappa shape index (κ1) is 122. The Hall–Kier alpha value is -4.48. The number of hydrogen-bond donors (Lipinski definition) is 20. The molecule has 2 unspecified atom stereocenters. The number of piperazine rings is 1. The molecule has 0 bridgehead atoms. The van der Waals surface area contributed by atoms with E-state index in [0.29, 0.717) is 52.7 Å². The Morgan fingerprint density at radius 3 is 0.862 bits per heavy atom. The Balaban J connectivity index is -0.000000293. The summed E-state index contributed by atoms with van der Waals surface area (Å²) in [5, 5.41) is 174. The highest BCUT2D eigenvalue weighted by molar-refractivity contribution is 5.70. The molecule has 1 aliphatic heterocycles. The molecule has 0 saturated carbocycles. The maximum absolute atomic E-state index is 9.72. The van der Waals surface area contributed by atoms with Crippen molar-refractivity contribution >= 4 is 0 Å². The minimum atomic E-state index is -0.821. The van der Waals surface area contributed by atoms with Crippen LogP contribution in [0.3, 0.4) is 0 Å². The molecule has 1 heterocycles. The molecule has 0 aliphatic carbocycles. The van der Waals surface area contributed by atoms with Gasteiger partial charge in [-0.25, -0.2) is 0 Å². The number of likely N-dealkylation sites (N-methyl/N-ethyl adjacent to an activating group) is 1. The van der Waals surface area contributed by atoms with Gasteiger partial charge in [-0.15, -0.1) is 0 Å². The van der Waals surface area contributed by atoms with Crippen molar-refractivity contribution in [3.63, 3.8) is 0 Å². The molecular weight excluding hydrogens is 1480 g/mol. The van der Waals surface area contributed by atoms with E-state index in [2.05, 4.69) is 21.6 Å². The van der Waals surface area contributed by atoms with Crippen molar-refractivity contribution in [2.45, 2.75) is 285 Å². The van der Waals surface area contributed by atoms with E-state index in [-0.39, 0.29) is 66.1 Å². The summed E-state index contributed by atoms with van der Waals surface area (Å²) >= 11 is 0. The summed E-state index contributed by atoms with van der Waals surface area (Å²) in [6.45, 7) is 27.0. The number of allylic oxidation sites excluding steroid dienone is 2. The van der Waals surface area contributed by atoms with E-state index >= 15 is 0 Å². The van der Waals surface area contributed by atoms with Gasteiger partial charge in [-0.1, -0.05) is 262 Å². The van der Waals surface area contributed by atoms with E-state index in [1.165, 1.54) is 127 Å². The lowest BCUT2D eigenvalue weighted by Gasteiger charge is -2.33. The van der Waals surface area contributed by atoms with Crippen LogP contribution in [0.2, 0.25) is 0 Å². The Kier molecular flexibility index (Phi) is 99.5. The first-order valence-electron chi connectivity index (χ1n) is 43.2. The maximum Gasteiger partial charge on any atom is 0.112 e. The van der Waals surface area contributed by atoms with Crippen molar-refractivity contribution in [2.24, 2.45) is 0 Å². The zero-order chi connectivity index (χ0) is 88.4. The molecule has 2 atom stereocenters. The van der Waals surface area contributed by atoms with Crippen LogP contribution in [0.15, 0.2) is 108 Å². The third-order valence-electron chi connectivity index (χ3n) is 18.1. The van der Waals surface area contributed by atoms with Gasteiger partial charge in [0.25, 0.3) is 0 Å². The Morgan fingerprint density at radius 2 is 0.655 bits per heavy atom. The summed E-state index contributed by atoms with van der Waals surface area (Å²) in [6, 6.07) is 22.7. The number of aliphatic hydroxyl groups is 20. The molecule has 3 aromatic rings. The molecule has 3 aromatic carbocycles. The van der Waals surface area contributed by atoms with Crippen molar-refractivity contribution < 1.29 is 102 Å².